The van der Waals surface area contributed by atoms with Crippen LogP contribution in [0.5, 0.6) is 0 Å². The number of amides is 1. The first kappa shape index (κ1) is 11.7. The molecule has 0 bridgehead atoms. The minimum Gasteiger partial charge on any atom is -0.350 e. The monoisotopic (exact) mass is 206 g/mol. The Hall–Kier alpha value is -1.38. The summed E-state index contributed by atoms with van der Waals surface area (Å²) in [6, 6.07) is 3.87. The minimum atomic E-state index is -0.0385. The van der Waals surface area contributed by atoms with Gasteiger partial charge in [-0.1, -0.05) is 13.3 Å². The van der Waals surface area contributed by atoms with Crippen molar-refractivity contribution in [1.29, 1.82) is 0 Å². The molecule has 0 radical (unpaired) electrons. The molecule has 0 aliphatic rings. The molecule has 0 spiro atoms. The van der Waals surface area contributed by atoms with Gasteiger partial charge in [-0.25, -0.2) is 0 Å². The number of hydrogen-bond donors (Lipinski definition) is 1. The van der Waals surface area contributed by atoms with Crippen molar-refractivity contribution < 1.29 is 4.79 Å². The van der Waals surface area contributed by atoms with Crippen LogP contribution in [0.3, 0.4) is 0 Å². The summed E-state index contributed by atoms with van der Waals surface area (Å²) in [5.41, 5.74) is 1.55. The molecule has 0 aromatic carbocycles. The molecular formula is C12H18N2O. The van der Waals surface area contributed by atoms with Crippen LogP contribution in [0.15, 0.2) is 18.3 Å². The minimum absolute atomic E-state index is 0.0385. The summed E-state index contributed by atoms with van der Waals surface area (Å²) in [6.45, 7) is 6.03. The van der Waals surface area contributed by atoms with Gasteiger partial charge in [-0.05, 0) is 32.4 Å². The van der Waals surface area contributed by atoms with E-state index < -0.39 is 0 Å². The third kappa shape index (κ3) is 3.70. The van der Waals surface area contributed by atoms with Crippen molar-refractivity contribution in [2.45, 2.75) is 39.7 Å². The number of hydrogen-bond acceptors (Lipinski definition) is 2. The number of carbonyl (C=O) groups is 1. The lowest BCUT2D eigenvalue weighted by molar-refractivity contribution is 0.0938. The predicted molar refractivity (Wildman–Crippen MR) is 60.8 cm³/mol. The average molecular weight is 206 g/mol. The van der Waals surface area contributed by atoms with E-state index in [9.17, 15) is 4.79 Å². The molecule has 0 aliphatic carbocycles. The number of carbonyl (C=O) groups excluding carboxylic acids is 1. The zero-order valence-electron chi connectivity index (χ0n) is 9.58. The first-order valence-electron chi connectivity index (χ1n) is 5.37. The fraction of sp³-hybridized carbons (Fsp3) is 0.500. The largest absolute Gasteiger partial charge is 0.350 e. The van der Waals surface area contributed by atoms with Crippen LogP contribution in [0.25, 0.3) is 0 Å². The summed E-state index contributed by atoms with van der Waals surface area (Å²) in [7, 11) is 0. The Kier molecular flexibility index (Phi) is 4.28. The van der Waals surface area contributed by atoms with Gasteiger partial charge in [0, 0.05) is 17.9 Å². The molecule has 1 aromatic heterocycles. The highest BCUT2D eigenvalue weighted by atomic mass is 16.1. The van der Waals surface area contributed by atoms with Crippen LogP contribution in [-0.4, -0.2) is 16.9 Å². The quantitative estimate of drug-likeness (QED) is 0.821. The maximum absolute atomic E-state index is 11.7. The van der Waals surface area contributed by atoms with Gasteiger partial charge in [0.2, 0.25) is 0 Å². The van der Waals surface area contributed by atoms with E-state index in [4.69, 9.17) is 0 Å². The highest BCUT2D eigenvalue weighted by Gasteiger charge is 2.08. The van der Waals surface area contributed by atoms with Crippen molar-refractivity contribution >= 4 is 5.91 Å². The number of nitrogens with one attached hydrogen (secondary N) is 1. The van der Waals surface area contributed by atoms with E-state index in [0.29, 0.717) is 5.56 Å². The Morgan fingerprint density at radius 3 is 2.80 bits per heavy atom. The zero-order chi connectivity index (χ0) is 11.3. The van der Waals surface area contributed by atoms with E-state index in [-0.39, 0.29) is 11.9 Å². The number of rotatable bonds is 4. The molecule has 1 heterocycles. The number of pyridine rings is 1. The van der Waals surface area contributed by atoms with E-state index >= 15 is 0 Å². The predicted octanol–water partition coefficient (Wildman–Crippen LogP) is 2.31. The second-order valence-corrected chi connectivity index (χ2v) is 3.85. The Balaban J connectivity index is 2.57. The lowest BCUT2D eigenvalue weighted by Crippen LogP contribution is -2.32. The molecule has 0 saturated heterocycles. The van der Waals surface area contributed by atoms with Crippen LogP contribution in [0.2, 0.25) is 0 Å². The van der Waals surface area contributed by atoms with E-state index in [1.54, 1.807) is 12.3 Å². The number of aromatic nitrogens is 1. The summed E-state index contributed by atoms with van der Waals surface area (Å²) in [5.74, 6) is -0.0385. The van der Waals surface area contributed by atoms with Gasteiger partial charge in [-0.3, -0.25) is 9.78 Å². The molecule has 82 valence electrons. The van der Waals surface area contributed by atoms with Gasteiger partial charge >= 0.3 is 0 Å². The molecule has 1 unspecified atom stereocenters. The molecule has 0 fully saturated rings. The highest BCUT2D eigenvalue weighted by molar-refractivity contribution is 5.94. The van der Waals surface area contributed by atoms with Gasteiger partial charge in [0.25, 0.3) is 5.91 Å². The molecule has 3 heteroatoms. The van der Waals surface area contributed by atoms with E-state index in [1.807, 2.05) is 19.9 Å². The normalized spacial score (nSPS) is 12.2. The Labute approximate surface area is 90.9 Å². The Morgan fingerprint density at radius 2 is 2.27 bits per heavy atom. The maximum Gasteiger partial charge on any atom is 0.253 e. The molecule has 1 rings (SSSR count). The Bertz CT molecular complexity index is 319. The fourth-order valence-corrected chi connectivity index (χ4v) is 1.41. The summed E-state index contributed by atoms with van der Waals surface area (Å²) in [5, 5.41) is 2.94. The molecule has 0 saturated carbocycles. The summed E-state index contributed by atoms with van der Waals surface area (Å²) >= 11 is 0. The SMILES string of the molecule is CCCC(C)NC(=O)c1ccc(C)nc1. The van der Waals surface area contributed by atoms with Gasteiger partial charge in [-0.2, -0.15) is 0 Å². The molecule has 1 amide bonds. The second kappa shape index (κ2) is 5.49. The standard InChI is InChI=1S/C12H18N2O/c1-4-5-10(3)14-12(15)11-7-6-9(2)13-8-11/h6-8,10H,4-5H2,1-3H3,(H,14,15). The van der Waals surface area contributed by atoms with Crippen LogP contribution in [0.4, 0.5) is 0 Å². The third-order valence-corrected chi connectivity index (χ3v) is 2.27. The summed E-state index contributed by atoms with van der Waals surface area (Å²) in [6.07, 6.45) is 3.70. The number of aryl methyl sites for hydroxylation is 1. The molecule has 3 nitrogen and oxygen atoms in total. The lowest BCUT2D eigenvalue weighted by Gasteiger charge is -2.12. The van der Waals surface area contributed by atoms with E-state index in [1.165, 1.54) is 0 Å². The van der Waals surface area contributed by atoms with Gasteiger partial charge < -0.3 is 5.32 Å². The van der Waals surface area contributed by atoms with Crippen LogP contribution in [-0.2, 0) is 0 Å². The van der Waals surface area contributed by atoms with Crippen LogP contribution in [0.1, 0.15) is 42.7 Å². The van der Waals surface area contributed by atoms with Gasteiger partial charge in [0.15, 0.2) is 0 Å². The molecule has 0 aliphatic heterocycles. The van der Waals surface area contributed by atoms with E-state index in [0.717, 1.165) is 18.5 Å². The first-order valence-corrected chi connectivity index (χ1v) is 5.37. The topological polar surface area (TPSA) is 42.0 Å². The van der Waals surface area contributed by atoms with Crippen LogP contribution < -0.4 is 5.32 Å². The summed E-state index contributed by atoms with van der Waals surface area (Å²) in [4.78, 5) is 15.8. The van der Waals surface area contributed by atoms with Crippen molar-refractivity contribution in [3.63, 3.8) is 0 Å². The molecule has 1 aromatic rings. The zero-order valence-corrected chi connectivity index (χ0v) is 9.58. The second-order valence-electron chi connectivity index (χ2n) is 3.85. The van der Waals surface area contributed by atoms with Crippen molar-refractivity contribution in [3.8, 4) is 0 Å². The van der Waals surface area contributed by atoms with Crippen molar-refractivity contribution in [2.24, 2.45) is 0 Å². The van der Waals surface area contributed by atoms with Gasteiger partial charge in [0.05, 0.1) is 5.56 Å². The van der Waals surface area contributed by atoms with Gasteiger partial charge in [-0.15, -0.1) is 0 Å². The number of nitrogens with zero attached hydrogens (tertiary/aromatic N) is 1. The van der Waals surface area contributed by atoms with E-state index in [2.05, 4.69) is 17.2 Å². The average Bonchev–Trinajstić information content (AvgIpc) is 2.18. The van der Waals surface area contributed by atoms with Gasteiger partial charge in [0.1, 0.15) is 0 Å². The first-order chi connectivity index (χ1) is 7.13. The lowest BCUT2D eigenvalue weighted by atomic mass is 10.2. The fourth-order valence-electron chi connectivity index (χ4n) is 1.41. The molecule has 15 heavy (non-hydrogen) atoms. The highest BCUT2D eigenvalue weighted by Crippen LogP contribution is 2.01. The van der Waals surface area contributed by atoms with Crippen molar-refractivity contribution in [2.75, 3.05) is 0 Å². The smallest absolute Gasteiger partial charge is 0.253 e. The van der Waals surface area contributed by atoms with Crippen molar-refractivity contribution in [1.82, 2.24) is 10.3 Å². The molecule has 1 atom stereocenters. The van der Waals surface area contributed by atoms with Crippen LogP contribution in [0, 0.1) is 6.92 Å². The van der Waals surface area contributed by atoms with Crippen molar-refractivity contribution in [3.05, 3.63) is 29.6 Å². The molecule has 1 N–H and O–H groups in total. The Morgan fingerprint density at radius 1 is 1.53 bits per heavy atom. The van der Waals surface area contributed by atoms with Crippen LogP contribution >= 0.6 is 0 Å². The third-order valence-electron chi connectivity index (χ3n) is 2.27. The molecular weight excluding hydrogens is 188 g/mol. The maximum atomic E-state index is 11.7. The summed E-state index contributed by atoms with van der Waals surface area (Å²) < 4.78 is 0.